The molecular formula is C10H10ClN3O. The van der Waals surface area contributed by atoms with E-state index in [-0.39, 0.29) is 0 Å². The molecule has 1 aromatic carbocycles. The highest BCUT2D eigenvalue weighted by atomic mass is 35.5. The molecule has 0 unspecified atom stereocenters. The molecule has 0 aliphatic rings. The molecule has 2 N–H and O–H groups in total. The fraction of sp³-hybridized carbons (Fsp3) is 0.200. The number of nitrogens with two attached hydrogens (primary N) is 1. The number of benzene rings is 1. The van der Waals surface area contributed by atoms with Crippen molar-refractivity contribution in [3.05, 3.63) is 35.2 Å². The van der Waals surface area contributed by atoms with Crippen LogP contribution in [0, 0.1) is 0 Å². The lowest BCUT2D eigenvalue weighted by molar-refractivity contribution is 0.380. The van der Waals surface area contributed by atoms with E-state index in [0.717, 1.165) is 5.56 Å². The molecule has 0 fully saturated rings. The minimum atomic E-state index is 0.502. The van der Waals surface area contributed by atoms with Gasteiger partial charge in [-0.05, 0) is 24.3 Å². The molecule has 0 aliphatic carbocycles. The van der Waals surface area contributed by atoms with Crippen molar-refractivity contribution in [3.8, 4) is 11.4 Å². The van der Waals surface area contributed by atoms with Gasteiger partial charge in [0.05, 0.1) is 0 Å². The van der Waals surface area contributed by atoms with Gasteiger partial charge in [-0.25, -0.2) is 0 Å². The van der Waals surface area contributed by atoms with E-state index in [1.807, 2.05) is 12.1 Å². The summed E-state index contributed by atoms with van der Waals surface area (Å²) in [4.78, 5) is 4.20. The normalized spacial score (nSPS) is 10.5. The van der Waals surface area contributed by atoms with E-state index in [9.17, 15) is 0 Å². The molecule has 0 atom stereocenters. The molecule has 0 aliphatic heterocycles. The maximum absolute atomic E-state index is 5.77. The van der Waals surface area contributed by atoms with Gasteiger partial charge in [0, 0.05) is 23.6 Å². The average Bonchev–Trinajstić information content (AvgIpc) is 2.68. The zero-order chi connectivity index (χ0) is 10.7. The number of hydrogen-bond donors (Lipinski definition) is 1. The van der Waals surface area contributed by atoms with Gasteiger partial charge in [0.1, 0.15) is 0 Å². The molecule has 0 radical (unpaired) electrons. The first kappa shape index (κ1) is 10.1. The van der Waals surface area contributed by atoms with Crippen LogP contribution >= 0.6 is 11.6 Å². The number of aromatic nitrogens is 2. The summed E-state index contributed by atoms with van der Waals surface area (Å²) in [7, 11) is 0. The first-order valence-corrected chi connectivity index (χ1v) is 4.96. The van der Waals surface area contributed by atoms with E-state index in [4.69, 9.17) is 21.9 Å². The van der Waals surface area contributed by atoms with Crippen LogP contribution in [0.2, 0.25) is 5.02 Å². The van der Waals surface area contributed by atoms with E-state index in [1.54, 1.807) is 12.1 Å². The largest absolute Gasteiger partial charge is 0.339 e. The highest BCUT2D eigenvalue weighted by molar-refractivity contribution is 6.30. The van der Waals surface area contributed by atoms with E-state index in [1.165, 1.54) is 0 Å². The summed E-state index contributed by atoms with van der Waals surface area (Å²) in [5, 5.41) is 4.53. The van der Waals surface area contributed by atoms with Crippen molar-refractivity contribution in [2.24, 2.45) is 5.73 Å². The zero-order valence-corrected chi connectivity index (χ0v) is 8.74. The third kappa shape index (κ3) is 2.34. The lowest BCUT2D eigenvalue weighted by atomic mass is 10.2. The molecule has 15 heavy (non-hydrogen) atoms. The van der Waals surface area contributed by atoms with Gasteiger partial charge in [-0.15, -0.1) is 0 Å². The van der Waals surface area contributed by atoms with Crippen molar-refractivity contribution in [3.63, 3.8) is 0 Å². The van der Waals surface area contributed by atoms with Crippen molar-refractivity contribution < 1.29 is 4.52 Å². The summed E-state index contributed by atoms with van der Waals surface area (Å²) in [5.74, 6) is 1.12. The molecule has 2 aromatic rings. The second-order valence-electron chi connectivity index (χ2n) is 3.06. The predicted molar refractivity (Wildman–Crippen MR) is 57.5 cm³/mol. The van der Waals surface area contributed by atoms with Gasteiger partial charge in [-0.1, -0.05) is 16.8 Å². The van der Waals surface area contributed by atoms with Gasteiger partial charge < -0.3 is 10.3 Å². The van der Waals surface area contributed by atoms with Crippen LogP contribution in [0.1, 0.15) is 5.89 Å². The van der Waals surface area contributed by atoms with E-state index in [0.29, 0.717) is 29.7 Å². The van der Waals surface area contributed by atoms with E-state index < -0.39 is 0 Å². The fourth-order valence-electron chi connectivity index (χ4n) is 1.20. The van der Waals surface area contributed by atoms with Crippen LogP contribution in [0.5, 0.6) is 0 Å². The molecule has 5 heteroatoms. The quantitative estimate of drug-likeness (QED) is 0.863. The van der Waals surface area contributed by atoms with Crippen molar-refractivity contribution >= 4 is 11.6 Å². The van der Waals surface area contributed by atoms with Gasteiger partial charge in [-0.3, -0.25) is 0 Å². The van der Waals surface area contributed by atoms with Gasteiger partial charge in [0.2, 0.25) is 11.7 Å². The van der Waals surface area contributed by atoms with Crippen LogP contribution in [0.15, 0.2) is 28.8 Å². The molecular weight excluding hydrogens is 214 g/mol. The Morgan fingerprint density at radius 2 is 2.00 bits per heavy atom. The van der Waals surface area contributed by atoms with Gasteiger partial charge >= 0.3 is 0 Å². The summed E-state index contributed by atoms with van der Waals surface area (Å²) in [6.07, 6.45) is 0.598. The number of nitrogens with zero attached hydrogens (tertiary/aromatic N) is 2. The summed E-state index contributed by atoms with van der Waals surface area (Å²) in [6, 6.07) is 7.27. The van der Waals surface area contributed by atoms with Crippen molar-refractivity contribution in [1.29, 1.82) is 0 Å². The van der Waals surface area contributed by atoms with Crippen LogP contribution < -0.4 is 5.73 Å². The van der Waals surface area contributed by atoms with Crippen molar-refractivity contribution in [2.45, 2.75) is 6.42 Å². The van der Waals surface area contributed by atoms with Crippen molar-refractivity contribution in [1.82, 2.24) is 10.1 Å². The molecule has 0 spiro atoms. The molecule has 1 heterocycles. The maximum Gasteiger partial charge on any atom is 0.228 e. The lowest BCUT2D eigenvalue weighted by Gasteiger charge is -1.93. The number of halogens is 1. The molecule has 4 nitrogen and oxygen atoms in total. The Labute approximate surface area is 92.0 Å². The Morgan fingerprint density at radius 1 is 1.27 bits per heavy atom. The molecule has 0 saturated carbocycles. The fourth-order valence-corrected chi connectivity index (χ4v) is 1.32. The van der Waals surface area contributed by atoms with Crippen molar-refractivity contribution in [2.75, 3.05) is 6.54 Å². The topological polar surface area (TPSA) is 64.9 Å². The molecule has 0 bridgehead atoms. The second kappa shape index (κ2) is 4.42. The van der Waals surface area contributed by atoms with Crippen LogP contribution in [0.4, 0.5) is 0 Å². The van der Waals surface area contributed by atoms with E-state index >= 15 is 0 Å². The Kier molecular flexibility index (Phi) is 2.99. The molecule has 78 valence electrons. The standard InChI is InChI=1S/C10H10ClN3O/c11-8-3-1-7(2-4-8)10-13-9(5-6-12)15-14-10/h1-4H,5-6,12H2. The highest BCUT2D eigenvalue weighted by Gasteiger charge is 2.07. The van der Waals surface area contributed by atoms with E-state index in [2.05, 4.69) is 10.1 Å². The third-order valence-electron chi connectivity index (χ3n) is 1.93. The van der Waals surface area contributed by atoms with Gasteiger partial charge in [0.15, 0.2) is 0 Å². The average molecular weight is 224 g/mol. The summed E-state index contributed by atoms with van der Waals surface area (Å²) >= 11 is 5.77. The third-order valence-corrected chi connectivity index (χ3v) is 2.18. The Bertz CT molecular complexity index is 438. The Balaban J connectivity index is 2.25. The van der Waals surface area contributed by atoms with Gasteiger partial charge in [-0.2, -0.15) is 4.98 Å². The minimum absolute atomic E-state index is 0.502. The number of rotatable bonds is 3. The van der Waals surface area contributed by atoms with Crippen LogP contribution in [0.3, 0.4) is 0 Å². The molecule has 0 amide bonds. The Morgan fingerprint density at radius 3 is 2.67 bits per heavy atom. The second-order valence-corrected chi connectivity index (χ2v) is 3.49. The van der Waals surface area contributed by atoms with Crippen LogP contribution in [-0.4, -0.2) is 16.7 Å². The molecule has 1 aromatic heterocycles. The van der Waals surface area contributed by atoms with Gasteiger partial charge in [0.25, 0.3) is 0 Å². The Hall–Kier alpha value is -1.39. The summed E-state index contributed by atoms with van der Waals surface area (Å²) < 4.78 is 5.02. The first-order valence-electron chi connectivity index (χ1n) is 4.58. The first-order chi connectivity index (χ1) is 7.29. The van der Waals surface area contributed by atoms with Crippen LogP contribution in [-0.2, 0) is 6.42 Å². The molecule has 2 rings (SSSR count). The molecule has 0 saturated heterocycles. The predicted octanol–water partition coefficient (Wildman–Crippen LogP) is 1.89. The monoisotopic (exact) mass is 223 g/mol. The summed E-state index contributed by atoms with van der Waals surface area (Å²) in [5.41, 5.74) is 6.26. The van der Waals surface area contributed by atoms with Crippen LogP contribution in [0.25, 0.3) is 11.4 Å². The SMILES string of the molecule is NCCc1nc(-c2ccc(Cl)cc2)no1. The lowest BCUT2D eigenvalue weighted by Crippen LogP contribution is -2.02. The maximum atomic E-state index is 5.77. The smallest absolute Gasteiger partial charge is 0.228 e. The number of hydrogen-bond acceptors (Lipinski definition) is 4. The zero-order valence-electron chi connectivity index (χ0n) is 7.98. The highest BCUT2D eigenvalue weighted by Crippen LogP contribution is 2.18. The minimum Gasteiger partial charge on any atom is -0.339 e. The summed E-state index contributed by atoms with van der Waals surface area (Å²) in [6.45, 7) is 0.502.